The van der Waals surface area contributed by atoms with Crippen LogP contribution in [0.25, 0.3) is 0 Å². The molecule has 31 heavy (non-hydrogen) atoms. The highest BCUT2D eigenvalue weighted by molar-refractivity contribution is 5.82. The highest BCUT2D eigenvalue weighted by Crippen LogP contribution is 2.31. The van der Waals surface area contributed by atoms with Gasteiger partial charge in [-0.15, -0.1) is 6.58 Å². The molecule has 3 heterocycles. The number of aromatic hydroxyl groups is 1. The minimum absolute atomic E-state index is 0.121. The van der Waals surface area contributed by atoms with Gasteiger partial charge in [0.2, 0.25) is 17.8 Å². The van der Waals surface area contributed by atoms with E-state index < -0.39 is 0 Å². The maximum Gasteiger partial charge on any atom is 0.250 e. The second kappa shape index (κ2) is 9.63. The first-order chi connectivity index (χ1) is 15.2. The zero-order chi connectivity index (χ0) is 21.6. The number of benzene rings is 1. The Hall–Kier alpha value is -3.36. The second-order valence-electron chi connectivity index (χ2n) is 7.74. The van der Waals surface area contributed by atoms with Crippen molar-refractivity contribution in [3.8, 4) is 11.5 Å². The summed E-state index contributed by atoms with van der Waals surface area (Å²) in [5, 5.41) is 14.6. The monoisotopic (exact) mass is 423 g/mol. The predicted molar refractivity (Wildman–Crippen MR) is 122 cm³/mol. The van der Waals surface area contributed by atoms with Gasteiger partial charge < -0.3 is 19.6 Å². The van der Waals surface area contributed by atoms with Gasteiger partial charge >= 0.3 is 0 Å². The van der Waals surface area contributed by atoms with E-state index in [1.165, 1.54) is 7.11 Å². The molecule has 0 aliphatic carbocycles. The van der Waals surface area contributed by atoms with Crippen molar-refractivity contribution in [2.45, 2.75) is 32.1 Å². The lowest BCUT2D eigenvalue weighted by Crippen LogP contribution is -2.25. The van der Waals surface area contributed by atoms with Crippen molar-refractivity contribution in [1.29, 1.82) is 0 Å². The molecule has 1 aromatic heterocycles. The van der Waals surface area contributed by atoms with Crippen LogP contribution in [-0.2, 0) is 6.42 Å². The summed E-state index contributed by atoms with van der Waals surface area (Å²) in [6.07, 6.45) is 8.54. The normalized spacial score (nSPS) is 16.3. The first-order valence-corrected chi connectivity index (χ1v) is 10.7. The van der Waals surface area contributed by atoms with Crippen molar-refractivity contribution in [2.75, 3.05) is 48.5 Å². The van der Waals surface area contributed by atoms with Crippen LogP contribution in [0.3, 0.4) is 0 Å². The highest BCUT2D eigenvalue weighted by atomic mass is 16.5. The van der Waals surface area contributed by atoms with Crippen LogP contribution in [0.2, 0.25) is 0 Å². The number of phenolic OH excluding ortho intramolecular Hbond substituents is 1. The average molecular weight is 424 g/mol. The number of nitrogens with zero attached hydrogens (tertiary/aromatic N) is 6. The number of hydrazone groups is 1. The third kappa shape index (κ3) is 4.87. The first-order valence-electron chi connectivity index (χ1n) is 10.7. The summed E-state index contributed by atoms with van der Waals surface area (Å²) in [4.78, 5) is 18.3. The topological polar surface area (TPSA) is 99.0 Å². The number of allylic oxidation sites excluding steroid dienone is 1. The number of hydrogen-bond donors (Lipinski definition) is 2. The van der Waals surface area contributed by atoms with Gasteiger partial charge in [-0.2, -0.15) is 20.1 Å². The molecule has 1 aromatic carbocycles. The Balaban J connectivity index is 1.56. The number of phenols is 1. The molecule has 0 atom stereocenters. The Morgan fingerprint density at radius 2 is 1.68 bits per heavy atom. The molecule has 2 aliphatic rings. The number of ether oxygens (including phenoxy) is 1. The maximum absolute atomic E-state index is 10.2. The van der Waals surface area contributed by atoms with E-state index in [4.69, 9.17) is 9.72 Å². The van der Waals surface area contributed by atoms with Crippen LogP contribution in [0, 0.1) is 0 Å². The summed E-state index contributed by atoms with van der Waals surface area (Å²) in [5.74, 6) is 2.34. The van der Waals surface area contributed by atoms with E-state index >= 15 is 0 Å². The number of hydrogen-bond acceptors (Lipinski definition) is 9. The molecule has 2 N–H and O–H groups in total. The Kier molecular flexibility index (Phi) is 6.49. The lowest BCUT2D eigenvalue weighted by Gasteiger charge is -2.20. The van der Waals surface area contributed by atoms with Gasteiger partial charge in [0.1, 0.15) is 0 Å². The predicted octanol–water partition coefficient (Wildman–Crippen LogP) is 2.96. The van der Waals surface area contributed by atoms with Gasteiger partial charge in [0, 0.05) is 31.7 Å². The van der Waals surface area contributed by atoms with Crippen molar-refractivity contribution in [3.05, 3.63) is 35.9 Å². The highest BCUT2D eigenvalue weighted by Gasteiger charge is 2.21. The van der Waals surface area contributed by atoms with Crippen LogP contribution >= 0.6 is 0 Å². The third-order valence-corrected chi connectivity index (χ3v) is 5.53. The zero-order valence-electron chi connectivity index (χ0n) is 17.9. The van der Waals surface area contributed by atoms with Gasteiger partial charge in [0.05, 0.1) is 13.3 Å². The molecule has 0 spiro atoms. The van der Waals surface area contributed by atoms with Crippen LogP contribution in [0.4, 0.5) is 17.8 Å². The Morgan fingerprint density at radius 3 is 2.23 bits per heavy atom. The largest absolute Gasteiger partial charge is 0.504 e. The molecule has 9 heteroatoms. The summed E-state index contributed by atoms with van der Waals surface area (Å²) in [6, 6.07) is 3.58. The molecule has 0 bridgehead atoms. The molecule has 0 unspecified atom stereocenters. The number of rotatable bonds is 8. The molecule has 164 valence electrons. The molecule has 0 amide bonds. The summed E-state index contributed by atoms with van der Waals surface area (Å²) < 4.78 is 5.27. The lowest BCUT2D eigenvalue weighted by molar-refractivity contribution is 0.371. The summed E-state index contributed by atoms with van der Waals surface area (Å²) >= 11 is 0. The third-order valence-electron chi connectivity index (χ3n) is 5.53. The zero-order valence-corrected chi connectivity index (χ0v) is 17.9. The minimum atomic E-state index is 0.121. The second-order valence-corrected chi connectivity index (χ2v) is 7.74. The van der Waals surface area contributed by atoms with Crippen molar-refractivity contribution < 1.29 is 9.84 Å². The first kappa shape index (κ1) is 20.9. The Bertz CT molecular complexity index is 917. The molecular formula is C22H29N7O2. The van der Waals surface area contributed by atoms with Gasteiger partial charge in [0.25, 0.3) is 0 Å². The number of methoxy groups -OCH3 is 1. The summed E-state index contributed by atoms with van der Waals surface area (Å²) in [5.41, 5.74) is 4.47. The average Bonchev–Trinajstić information content (AvgIpc) is 3.50. The van der Waals surface area contributed by atoms with E-state index in [1.54, 1.807) is 18.4 Å². The smallest absolute Gasteiger partial charge is 0.250 e. The molecule has 9 nitrogen and oxygen atoms in total. The van der Waals surface area contributed by atoms with E-state index in [0.717, 1.165) is 63.0 Å². The standard InChI is InChI=1S/C22H29N7O2/c1-3-8-17-13-16(14-18(31-2)19(17)30)15-23-27-20-24-21(28-9-4-5-10-28)26-22(25-20)29-11-6-7-12-29/h3,13-15,30H,1,4-12H2,2H3,(H,24,25,26,27)/b23-15+. The van der Waals surface area contributed by atoms with E-state index in [9.17, 15) is 5.11 Å². The fraction of sp³-hybridized carbons (Fsp3) is 0.455. The van der Waals surface area contributed by atoms with Gasteiger partial charge in [-0.05, 0) is 49.8 Å². The number of nitrogens with one attached hydrogen (secondary N) is 1. The quantitative estimate of drug-likeness (QED) is 0.380. The van der Waals surface area contributed by atoms with Crippen LogP contribution in [0.5, 0.6) is 11.5 Å². The van der Waals surface area contributed by atoms with Crippen molar-refractivity contribution >= 4 is 24.1 Å². The Morgan fingerprint density at radius 1 is 1.06 bits per heavy atom. The molecule has 2 saturated heterocycles. The van der Waals surface area contributed by atoms with Gasteiger partial charge in [-0.25, -0.2) is 5.43 Å². The van der Waals surface area contributed by atoms with Gasteiger partial charge in [0.15, 0.2) is 11.5 Å². The minimum Gasteiger partial charge on any atom is -0.504 e. The molecule has 0 radical (unpaired) electrons. The lowest BCUT2D eigenvalue weighted by atomic mass is 10.1. The van der Waals surface area contributed by atoms with Crippen molar-refractivity contribution in [3.63, 3.8) is 0 Å². The molecule has 4 rings (SSSR count). The van der Waals surface area contributed by atoms with Gasteiger partial charge in [-0.1, -0.05) is 6.08 Å². The molecule has 2 aliphatic heterocycles. The van der Waals surface area contributed by atoms with E-state index in [-0.39, 0.29) is 5.75 Å². The Labute approximate surface area is 182 Å². The van der Waals surface area contributed by atoms with Crippen LogP contribution in [0.15, 0.2) is 29.9 Å². The number of anilines is 3. The van der Waals surface area contributed by atoms with Crippen molar-refractivity contribution in [2.24, 2.45) is 5.10 Å². The maximum atomic E-state index is 10.2. The van der Waals surface area contributed by atoms with Crippen molar-refractivity contribution in [1.82, 2.24) is 15.0 Å². The van der Waals surface area contributed by atoms with E-state index in [0.29, 0.717) is 30.0 Å². The van der Waals surface area contributed by atoms with Gasteiger partial charge in [-0.3, -0.25) is 0 Å². The molecule has 2 fully saturated rings. The number of aromatic nitrogens is 3. The van der Waals surface area contributed by atoms with E-state index in [2.05, 4.69) is 36.9 Å². The fourth-order valence-corrected chi connectivity index (χ4v) is 3.92. The van der Waals surface area contributed by atoms with Crippen LogP contribution < -0.4 is 20.0 Å². The summed E-state index contributed by atoms with van der Waals surface area (Å²) in [6.45, 7) is 7.59. The van der Waals surface area contributed by atoms with Crippen LogP contribution in [0.1, 0.15) is 36.8 Å². The SMILES string of the molecule is C=CCc1cc(/C=N/Nc2nc(N3CCCC3)nc(N3CCCC3)n2)cc(OC)c1O. The van der Waals surface area contributed by atoms with Crippen LogP contribution in [-0.4, -0.2) is 59.6 Å². The van der Waals surface area contributed by atoms with E-state index in [1.807, 2.05) is 6.07 Å². The summed E-state index contributed by atoms with van der Waals surface area (Å²) in [7, 11) is 1.52. The fourth-order valence-electron chi connectivity index (χ4n) is 3.92. The molecule has 2 aromatic rings. The molecular weight excluding hydrogens is 394 g/mol. The molecule has 0 saturated carbocycles.